The first-order valence-electron chi connectivity index (χ1n) is 7.74. The molecule has 0 radical (unpaired) electrons. The van der Waals surface area contributed by atoms with Crippen LogP contribution in [0.2, 0.25) is 0 Å². The molecule has 3 nitrogen and oxygen atoms in total. The smallest absolute Gasteiger partial charge is 0.0843 e. The average Bonchev–Trinajstić information content (AvgIpc) is 2.80. The fourth-order valence-corrected chi connectivity index (χ4v) is 5.98. The van der Waals surface area contributed by atoms with Crippen molar-refractivity contribution in [2.75, 3.05) is 26.2 Å². The number of piperidine rings is 1. The van der Waals surface area contributed by atoms with Crippen LogP contribution in [0.5, 0.6) is 0 Å². The van der Waals surface area contributed by atoms with E-state index in [1.165, 1.54) is 41.0 Å². The van der Waals surface area contributed by atoms with E-state index in [1.54, 1.807) is 11.3 Å². The van der Waals surface area contributed by atoms with E-state index in [2.05, 4.69) is 54.6 Å². The Bertz CT molecular complexity index is 474. The molecule has 0 saturated carbocycles. The fraction of sp³-hybridized carbons (Fsp3) is 0.733. The summed E-state index contributed by atoms with van der Waals surface area (Å²) in [5.74, 6) is 0. The van der Waals surface area contributed by atoms with Crippen LogP contribution in [0, 0.1) is 0 Å². The van der Waals surface area contributed by atoms with Gasteiger partial charge in [-0.2, -0.15) is 0 Å². The number of piperazine rings is 1. The van der Waals surface area contributed by atoms with Crippen molar-refractivity contribution in [3.05, 3.63) is 19.2 Å². The average molecular weight is 437 g/mol. The highest BCUT2D eigenvalue weighted by atomic mass is 79.9. The highest BCUT2D eigenvalue weighted by Gasteiger charge is 2.36. The quantitative estimate of drug-likeness (QED) is 0.781. The van der Waals surface area contributed by atoms with Crippen molar-refractivity contribution in [3.63, 3.8) is 0 Å². The van der Waals surface area contributed by atoms with Crippen LogP contribution in [0.1, 0.15) is 37.1 Å². The van der Waals surface area contributed by atoms with E-state index in [4.69, 9.17) is 5.73 Å². The van der Waals surface area contributed by atoms with E-state index in [1.807, 2.05) is 0 Å². The van der Waals surface area contributed by atoms with Crippen LogP contribution in [-0.4, -0.2) is 48.1 Å². The molecule has 0 spiro atoms. The van der Waals surface area contributed by atoms with Crippen molar-refractivity contribution in [1.82, 2.24) is 9.80 Å². The number of rotatable bonds is 3. The van der Waals surface area contributed by atoms with Crippen molar-refractivity contribution in [1.29, 1.82) is 0 Å². The van der Waals surface area contributed by atoms with Gasteiger partial charge in [0, 0.05) is 41.1 Å². The van der Waals surface area contributed by atoms with E-state index >= 15 is 0 Å². The highest BCUT2D eigenvalue weighted by Crippen LogP contribution is 2.39. The normalized spacial score (nSPS) is 29.3. The van der Waals surface area contributed by atoms with Crippen molar-refractivity contribution in [2.24, 2.45) is 5.73 Å². The predicted molar refractivity (Wildman–Crippen MR) is 96.9 cm³/mol. The molecule has 2 fully saturated rings. The molecule has 1 aromatic heterocycles. The van der Waals surface area contributed by atoms with Crippen LogP contribution in [0.3, 0.4) is 0 Å². The predicted octanol–water partition coefficient (Wildman–Crippen LogP) is 3.83. The number of hydrogen-bond acceptors (Lipinski definition) is 4. The van der Waals surface area contributed by atoms with Crippen LogP contribution in [0.15, 0.2) is 14.3 Å². The standard InChI is InChI=1S/C15H23Br2N3S/c1-10-8-19-5-3-2-4-11(19)9-20(10)13(7-18)14-6-12(16)15(17)21-14/h6,10-11,13H,2-5,7-9,18H2,1H3. The number of hydrogen-bond donors (Lipinski definition) is 1. The van der Waals surface area contributed by atoms with Crippen molar-refractivity contribution in [2.45, 2.75) is 44.3 Å². The molecule has 3 unspecified atom stereocenters. The molecule has 118 valence electrons. The lowest BCUT2D eigenvalue weighted by Gasteiger charge is -2.49. The third-order valence-corrected chi connectivity index (χ3v) is 8.21. The first-order valence-corrected chi connectivity index (χ1v) is 10.1. The first-order chi connectivity index (χ1) is 10.1. The molecule has 0 bridgehead atoms. The summed E-state index contributed by atoms with van der Waals surface area (Å²) in [6, 6.07) is 3.88. The Morgan fingerprint density at radius 1 is 1.38 bits per heavy atom. The Balaban J connectivity index is 1.79. The van der Waals surface area contributed by atoms with Gasteiger partial charge in [-0.3, -0.25) is 9.80 Å². The second-order valence-corrected chi connectivity index (χ2v) is 9.47. The highest BCUT2D eigenvalue weighted by molar-refractivity contribution is 9.13. The Hall–Kier alpha value is 0.540. The molecule has 0 aliphatic carbocycles. The molecular formula is C15H23Br2N3S. The van der Waals surface area contributed by atoms with Crippen LogP contribution in [0.4, 0.5) is 0 Å². The van der Waals surface area contributed by atoms with Gasteiger partial charge in [0.15, 0.2) is 0 Å². The summed E-state index contributed by atoms with van der Waals surface area (Å²) in [6.45, 7) is 6.68. The monoisotopic (exact) mass is 435 g/mol. The molecule has 2 N–H and O–H groups in total. The van der Waals surface area contributed by atoms with Crippen molar-refractivity contribution >= 4 is 43.2 Å². The molecule has 3 heterocycles. The van der Waals surface area contributed by atoms with Crippen LogP contribution < -0.4 is 5.73 Å². The van der Waals surface area contributed by atoms with E-state index < -0.39 is 0 Å². The third kappa shape index (κ3) is 3.40. The first kappa shape index (κ1) is 16.4. The number of nitrogens with zero attached hydrogens (tertiary/aromatic N) is 2. The number of thiophene rings is 1. The van der Waals surface area contributed by atoms with Gasteiger partial charge in [0.25, 0.3) is 0 Å². The fourth-order valence-electron chi connectivity index (χ4n) is 3.75. The number of nitrogens with two attached hydrogens (primary N) is 1. The summed E-state index contributed by atoms with van der Waals surface area (Å²) in [5.41, 5.74) is 6.15. The molecule has 0 aromatic carbocycles. The maximum absolute atomic E-state index is 6.15. The van der Waals surface area contributed by atoms with Crippen molar-refractivity contribution < 1.29 is 0 Å². The topological polar surface area (TPSA) is 32.5 Å². The van der Waals surface area contributed by atoms with Gasteiger partial charge in [-0.1, -0.05) is 6.42 Å². The molecule has 2 aliphatic heterocycles. The van der Waals surface area contributed by atoms with E-state index in [-0.39, 0.29) is 0 Å². The molecular weight excluding hydrogens is 414 g/mol. The maximum atomic E-state index is 6.15. The SMILES string of the molecule is CC1CN2CCCCC2CN1C(CN)c1cc(Br)c(Br)s1. The molecule has 3 rings (SSSR count). The minimum absolute atomic E-state index is 0.344. The van der Waals surface area contributed by atoms with Crippen molar-refractivity contribution in [3.8, 4) is 0 Å². The Labute approximate surface area is 148 Å². The van der Waals surface area contributed by atoms with Crippen LogP contribution in [-0.2, 0) is 0 Å². The van der Waals surface area contributed by atoms with Gasteiger partial charge in [0.05, 0.1) is 9.83 Å². The molecule has 2 saturated heterocycles. The zero-order chi connectivity index (χ0) is 15.0. The molecule has 0 amide bonds. The summed E-state index contributed by atoms with van der Waals surface area (Å²) in [4.78, 5) is 6.70. The lowest BCUT2D eigenvalue weighted by atomic mass is 9.95. The summed E-state index contributed by atoms with van der Waals surface area (Å²) >= 11 is 9.02. The summed E-state index contributed by atoms with van der Waals surface area (Å²) in [6.07, 6.45) is 4.10. The summed E-state index contributed by atoms with van der Waals surface area (Å²) in [5, 5.41) is 0. The van der Waals surface area contributed by atoms with Gasteiger partial charge >= 0.3 is 0 Å². The lowest BCUT2D eigenvalue weighted by molar-refractivity contribution is -0.00593. The third-order valence-electron chi connectivity index (χ3n) is 4.85. The van der Waals surface area contributed by atoms with Gasteiger partial charge in [0.1, 0.15) is 0 Å². The summed E-state index contributed by atoms with van der Waals surface area (Å²) < 4.78 is 2.31. The zero-order valence-corrected chi connectivity index (χ0v) is 16.4. The largest absolute Gasteiger partial charge is 0.329 e. The molecule has 21 heavy (non-hydrogen) atoms. The molecule has 6 heteroatoms. The van der Waals surface area contributed by atoms with Gasteiger partial charge in [-0.05, 0) is 64.2 Å². The second-order valence-electron chi connectivity index (χ2n) is 6.21. The van der Waals surface area contributed by atoms with Gasteiger partial charge < -0.3 is 5.73 Å². The van der Waals surface area contributed by atoms with Crippen LogP contribution in [0.25, 0.3) is 0 Å². The molecule has 1 aromatic rings. The Morgan fingerprint density at radius 2 is 2.19 bits per heavy atom. The van der Waals surface area contributed by atoms with E-state index in [0.717, 1.165) is 17.1 Å². The van der Waals surface area contributed by atoms with Gasteiger partial charge in [-0.25, -0.2) is 0 Å². The maximum Gasteiger partial charge on any atom is 0.0843 e. The minimum atomic E-state index is 0.344. The molecule has 2 aliphatic rings. The van der Waals surface area contributed by atoms with E-state index in [9.17, 15) is 0 Å². The Kier molecular flexibility index (Phi) is 5.44. The second kappa shape index (κ2) is 6.97. The zero-order valence-electron chi connectivity index (χ0n) is 12.4. The van der Waals surface area contributed by atoms with Gasteiger partial charge in [-0.15, -0.1) is 11.3 Å². The van der Waals surface area contributed by atoms with Gasteiger partial charge in [0.2, 0.25) is 0 Å². The summed E-state index contributed by atoms with van der Waals surface area (Å²) in [7, 11) is 0. The number of halogens is 2. The lowest BCUT2D eigenvalue weighted by Crippen LogP contribution is -2.59. The number of fused-ring (bicyclic) bond motifs is 1. The Morgan fingerprint density at radius 3 is 2.86 bits per heavy atom. The molecule has 3 atom stereocenters. The van der Waals surface area contributed by atoms with Crippen LogP contribution >= 0.6 is 43.2 Å². The van der Waals surface area contributed by atoms with E-state index in [0.29, 0.717) is 18.6 Å². The minimum Gasteiger partial charge on any atom is -0.329 e.